The van der Waals surface area contributed by atoms with E-state index < -0.39 is 11.4 Å². The molecule has 2 rings (SSSR count). The smallest absolute Gasteiger partial charge is 0.357 e. The van der Waals surface area contributed by atoms with Gasteiger partial charge in [-0.3, -0.25) is 4.98 Å². The Morgan fingerprint density at radius 3 is 2.85 bits per heavy atom. The van der Waals surface area contributed by atoms with Gasteiger partial charge in [0, 0.05) is 19.6 Å². The van der Waals surface area contributed by atoms with E-state index >= 15 is 0 Å². The van der Waals surface area contributed by atoms with E-state index in [9.17, 15) is 4.79 Å². The summed E-state index contributed by atoms with van der Waals surface area (Å²) in [6.45, 7) is 0. The zero-order valence-corrected chi connectivity index (χ0v) is 15.3. The number of esters is 1. The highest BCUT2D eigenvalue weighted by Gasteiger charge is 2.20. The minimum Gasteiger partial charge on any atom is -0.468 e. The third-order valence-electron chi connectivity index (χ3n) is 2.53. The second-order valence-corrected chi connectivity index (χ2v) is 6.82. The summed E-state index contributed by atoms with van der Waals surface area (Å²) >= 11 is 6.88. The Bertz CT molecular complexity index is 653. The van der Waals surface area contributed by atoms with Gasteiger partial charge >= 0.3 is 5.97 Å². The maximum Gasteiger partial charge on any atom is 0.357 e. The predicted octanol–water partition coefficient (Wildman–Crippen LogP) is 3.84. The molecule has 0 bridgehead atoms. The Hall–Kier alpha value is -0.540. The van der Waals surface area contributed by atoms with Crippen molar-refractivity contribution in [1.82, 2.24) is 4.98 Å². The fraction of sp³-hybridized carbons (Fsp3) is 0.231. The van der Waals surface area contributed by atoms with Crippen molar-refractivity contribution in [1.29, 1.82) is 0 Å². The topological polar surface area (TPSA) is 48.4 Å². The lowest BCUT2D eigenvalue weighted by atomic mass is 10.2. The van der Waals surface area contributed by atoms with Crippen LogP contribution in [-0.4, -0.2) is 29.8 Å². The molecule has 1 atom stereocenters. The van der Waals surface area contributed by atoms with E-state index in [1.165, 1.54) is 18.9 Å². The average molecular weight is 468 g/mol. The zero-order chi connectivity index (χ0) is 14.7. The van der Waals surface area contributed by atoms with Crippen LogP contribution in [0.1, 0.15) is 0 Å². The van der Waals surface area contributed by atoms with Gasteiger partial charge in [-0.1, -0.05) is 0 Å². The third kappa shape index (κ3) is 3.56. The van der Waals surface area contributed by atoms with Gasteiger partial charge in [-0.25, -0.2) is 4.79 Å². The number of thioether (sulfide) groups is 1. The van der Waals surface area contributed by atoms with Crippen molar-refractivity contribution < 1.29 is 14.3 Å². The Labute approximate surface area is 142 Å². The van der Waals surface area contributed by atoms with Crippen LogP contribution in [0, 0.1) is 3.57 Å². The van der Waals surface area contributed by atoms with Crippen molar-refractivity contribution in [2.24, 2.45) is 0 Å². The van der Waals surface area contributed by atoms with Crippen LogP contribution in [-0.2, 0) is 9.53 Å². The quantitative estimate of drug-likeness (QED) is 0.388. The van der Waals surface area contributed by atoms with Gasteiger partial charge in [0.05, 0.1) is 12.6 Å². The van der Waals surface area contributed by atoms with Gasteiger partial charge in [0.1, 0.15) is 5.75 Å². The van der Waals surface area contributed by atoms with Crippen LogP contribution in [0.25, 0.3) is 10.9 Å². The summed E-state index contributed by atoms with van der Waals surface area (Å²) < 4.78 is 12.3. The molecule has 0 aliphatic rings. The van der Waals surface area contributed by atoms with E-state index in [1.807, 2.05) is 18.2 Å². The van der Waals surface area contributed by atoms with Crippen molar-refractivity contribution in [3.8, 4) is 5.75 Å². The summed E-state index contributed by atoms with van der Waals surface area (Å²) in [5.41, 5.74) is 0.230. The largest absolute Gasteiger partial charge is 0.468 e. The molecular weight excluding hydrogens is 457 g/mol. The Morgan fingerprint density at radius 2 is 2.20 bits per heavy atom. The first-order valence-corrected chi connectivity index (χ1v) is 8.73. The molecule has 2 aromatic rings. The number of aromatic nitrogens is 1. The minimum atomic E-state index is -0.673. The van der Waals surface area contributed by atoms with Gasteiger partial charge in [-0.15, -0.1) is 11.8 Å². The molecule has 1 aromatic heterocycles. The first-order chi connectivity index (χ1) is 9.55. The van der Waals surface area contributed by atoms with Crippen LogP contribution in [0.2, 0.25) is 0 Å². The number of ether oxygens (including phenoxy) is 2. The van der Waals surface area contributed by atoms with E-state index in [2.05, 4.69) is 43.5 Å². The number of rotatable bonds is 4. The first kappa shape index (κ1) is 15.8. The lowest BCUT2D eigenvalue weighted by Gasteiger charge is -2.15. The van der Waals surface area contributed by atoms with Crippen LogP contribution < -0.4 is 4.74 Å². The summed E-state index contributed by atoms with van der Waals surface area (Å²) in [4.78, 5) is 15.9. The number of pyridine rings is 1. The third-order valence-corrected chi connectivity index (χ3v) is 4.50. The van der Waals surface area contributed by atoms with Crippen molar-refractivity contribution in [3.05, 3.63) is 32.4 Å². The first-order valence-electron chi connectivity index (χ1n) is 5.57. The van der Waals surface area contributed by atoms with Crippen molar-refractivity contribution in [2.45, 2.75) is 5.44 Å². The fourth-order valence-electron chi connectivity index (χ4n) is 1.63. The number of benzene rings is 1. The van der Waals surface area contributed by atoms with Gasteiger partial charge in [-0.05, 0) is 63.0 Å². The Morgan fingerprint density at radius 1 is 1.45 bits per heavy atom. The molecule has 1 aromatic carbocycles. The van der Waals surface area contributed by atoms with Gasteiger partial charge < -0.3 is 9.47 Å². The van der Waals surface area contributed by atoms with Crippen LogP contribution >= 0.6 is 50.3 Å². The summed E-state index contributed by atoms with van der Waals surface area (Å²) in [6.07, 6.45) is 3.55. The molecule has 0 saturated carbocycles. The second-order valence-electron chi connectivity index (χ2n) is 3.84. The van der Waals surface area contributed by atoms with Gasteiger partial charge in [0.15, 0.2) is 0 Å². The zero-order valence-electron chi connectivity index (χ0n) is 10.7. The predicted molar refractivity (Wildman–Crippen MR) is 92.1 cm³/mol. The van der Waals surface area contributed by atoms with Gasteiger partial charge in [0.2, 0.25) is 5.44 Å². The standard InChI is InChI=1S/C13H11BrINO3S/c1-18-12(17)13(20-2)19-9-4-7-3-8(14)6-16-11(7)10(15)5-9/h3-6,13H,1-2H3. The number of halogens is 2. The number of hydrogen-bond donors (Lipinski definition) is 0. The Balaban J connectivity index is 2.37. The fourth-order valence-corrected chi connectivity index (χ4v) is 3.24. The van der Waals surface area contributed by atoms with Crippen LogP contribution in [0.3, 0.4) is 0 Å². The van der Waals surface area contributed by atoms with Crippen molar-refractivity contribution >= 4 is 67.2 Å². The molecule has 0 radical (unpaired) electrons. The highest BCUT2D eigenvalue weighted by molar-refractivity contribution is 14.1. The van der Waals surface area contributed by atoms with E-state index in [0.717, 1.165) is 18.9 Å². The summed E-state index contributed by atoms with van der Waals surface area (Å²) in [5.74, 6) is 0.214. The summed E-state index contributed by atoms with van der Waals surface area (Å²) in [7, 11) is 1.35. The lowest BCUT2D eigenvalue weighted by molar-refractivity contribution is -0.144. The number of carbonyl (C=O) groups is 1. The highest BCUT2D eigenvalue weighted by atomic mass is 127. The molecule has 0 aliphatic carbocycles. The summed E-state index contributed by atoms with van der Waals surface area (Å²) in [6, 6.07) is 5.68. The number of hydrogen-bond acceptors (Lipinski definition) is 5. The second kappa shape index (κ2) is 6.95. The van der Waals surface area contributed by atoms with Crippen LogP contribution in [0.4, 0.5) is 0 Å². The molecule has 0 spiro atoms. The van der Waals surface area contributed by atoms with Crippen molar-refractivity contribution in [3.63, 3.8) is 0 Å². The highest BCUT2D eigenvalue weighted by Crippen LogP contribution is 2.28. The molecule has 20 heavy (non-hydrogen) atoms. The molecule has 0 N–H and O–H groups in total. The van der Waals surface area contributed by atoms with Gasteiger partial charge in [-0.2, -0.15) is 0 Å². The molecule has 0 saturated heterocycles. The molecule has 0 amide bonds. The van der Waals surface area contributed by atoms with Crippen molar-refractivity contribution in [2.75, 3.05) is 13.4 Å². The van der Waals surface area contributed by atoms with E-state index in [1.54, 1.807) is 12.5 Å². The monoisotopic (exact) mass is 467 g/mol. The normalized spacial score (nSPS) is 12.2. The number of fused-ring (bicyclic) bond motifs is 1. The molecule has 0 aliphatic heterocycles. The van der Waals surface area contributed by atoms with Crippen LogP contribution in [0.5, 0.6) is 5.75 Å². The van der Waals surface area contributed by atoms with E-state index in [4.69, 9.17) is 9.47 Å². The summed E-state index contributed by atoms with van der Waals surface area (Å²) in [5, 5.41) is 0.950. The molecule has 1 heterocycles. The SMILES string of the molecule is COC(=O)C(Oc1cc(I)c2ncc(Br)cc2c1)SC. The molecular formula is C13H11BrINO3S. The van der Waals surface area contributed by atoms with E-state index in [0.29, 0.717) is 5.75 Å². The molecule has 106 valence electrons. The van der Waals surface area contributed by atoms with Gasteiger partial charge in [0.25, 0.3) is 0 Å². The maximum absolute atomic E-state index is 11.6. The average Bonchev–Trinajstić information content (AvgIpc) is 2.43. The molecule has 1 unspecified atom stereocenters. The van der Waals surface area contributed by atoms with E-state index in [-0.39, 0.29) is 0 Å². The molecule has 0 fully saturated rings. The molecule has 7 heteroatoms. The lowest BCUT2D eigenvalue weighted by Crippen LogP contribution is -2.24. The minimum absolute atomic E-state index is 0.403. The number of carbonyl (C=O) groups excluding carboxylic acids is 1. The molecule has 4 nitrogen and oxygen atoms in total. The Kier molecular flexibility index (Phi) is 5.50. The maximum atomic E-state index is 11.6. The van der Waals surface area contributed by atoms with Crippen LogP contribution in [0.15, 0.2) is 28.9 Å². The number of nitrogens with zero attached hydrogens (tertiary/aromatic N) is 1. The number of methoxy groups -OCH3 is 1.